The predicted molar refractivity (Wildman–Crippen MR) is 73.5 cm³/mol. The molecule has 1 aliphatic heterocycles. The highest BCUT2D eigenvalue weighted by atomic mass is 16.2. The van der Waals surface area contributed by atoms with Crippen molar-refractivity contribution in [3.8, 4) is 6.07 Å². The first-order valence-corrected chi connectivity index (χ1v) is 6.53. The Kier molecular flexibility index (Phi) is 4.18. The monoisotopic (exact) mass is 257 g/mol. The van der Waals surface area contributed by atoms with E-state index in [1.165, 1.54) is 0 Å². The van der Waals surface area contributed by atoms with Crippen LogP contribution in [0.1, 0.15) is 17.5 Å². The molecule has 100 valence electrons. The van der Waals surface area contributed by atoms with Crippen LogP contribution in [-0.4, -0.2) is 48.9 Å². The van der Waals surface area contributed by atoms with Gasteiger partial charge in [0.05, 0.1) is 18.1 Å². The van der Waals surface area contributed by atoms with Gasteiger partial charge in [0.2, 0.25) is 5.91 Å². The minimum absolute atomic E-state index is 0.175. The van der Waals surface area contributed by atoms with Crippen LogP contribution in [0.25, 0.3) is 0 Å². The van der Waals surface area contributed by atoms with Crippen molar-refractivity contribution >= 4 is 5.91 Å². The Balaban J connectivity index is 1.92. The van der Waals surface area contributed by atoms with Crippen molar-refractivity contribution in [2.75, 3.05) is 27.2 Å². The van der Waals surface area contributed by atoms with Crippen LogP contribution in [0.15, 0.2) is 24.3 Å². The van der Waals surface area contributed by atoms with Gasteiger partial charge in [-0.25, -0.2) is 0 Å². The topological polar surface area (TPSA) is 47.3 Å². The fraction of sp³-hybridized carbons (Fsp3) is 0.467. The molecule has 2 rings (SSSR count). The van der Waals surface area contributed by atoms with E-state index in [1.807, 2.05) is 17.0 Å². The largest absolute Gasteiger partial charge is 0.341 e. The second kappa shape index (κ2) is 5.85. The summed E-state index contributed by atoms with van der Waals surface area (Å²) in [5.74, 6) is 0.175. The first-order chi connectivity index (χ1) is 9.10. The van der Waals surface area contributed by atoms with E-state index in [0.717, 1.165) is 25.1 Å². The molecular formula is C15H19N3O. The summed E-state index contributed by atoms with van der Waals surface area (Å²) in [5.41, 5.74) is 1.60. The molecule has 0 aromatic heterocycles. The normalized spacial score (nSPS) is 18.6. The van der Waals surface area contributed by atoms with E-state index in [2.05, 4.69) is 25.1 Å². The van der Waals surface area contributed by atoms with Crippen LogP contribution in [0.5, 0.6) is 0 Å². The average Bonchev–Trinajstić information content (AvgIpc) is 2.89. The van der Waals surface area contributed by atoms with Gasteiger partial charge in [-0.1, -0.05) is 12.1 Å². The van der Waals surface area contributed by atoms with E-state index < -0.39 is 0 Å². The lowest BCUT2D eigenvalue weighted by molar-refractivity contribution is -0.129. The Morgan fingerprint density at radius 1 is 1.42 bits per heavy atom. The van der Waals surface area contributed by atoms with Crippen molar-refractivity contribution in [1.82, 2.24) is 9.80 Å². The van der Waals surface area contributed by atoms with Crippen LogP contribution in [0.3, 0.4) is 0 Å². The zero-order valence-electron chi connectivity index (χ0n) is 11.5. The highest BCUT2D eigenvalue weighted by Gasteiger charge is 2.27. The Morgan fingerprint density at radius 3 is 2.63 bits per heavy atom. The maximum atomic E-state index is 12.2. The minimum atomic E-state index is 0.175. The fourth-order valence-corrected chi connectivity index (χ4v) is 2.37. The molecule has 0 bridgehead atoms. The SMILES string of the molecule is CN(C)C1CCN(C(=O)Cc2ccc(C#N)cc2)C1. The molecule has 0 N–H and O–H groups in total. The molecule has 1 fully saturated rings. The summed E-state index contributed by atoms with van der Waals surface area (Å²) in [6.07, 6.45) is 1.47. The van der Waals surface area contributed by atoms with Gasteiger partial charge < -0.3 is 9.80 Å². The number of likely N-dealkylation sites (N-methyl/N-ethyl adjacent to an activating group) is 1. The van der Waals surface area contributed by atoms with Gasteiger partial charge >= 0.3 is 0 Å². The molecule has 1 aliphatic rings. The van der Waals surface area contributed by atoms with Crippen molar-refractivity contribution in [2.45, 2.75) is 18.9 Å². The molecule has 1 unspecified atom stereocenters. The number of benzene rings is 1. The summed E-state index contributed by atoms with van der Waals surface area (Å²) in [4.78, 5) is 16.3. The summed E-state index contributed by atoms with van der Waals surface area (Å²) in [6.45, 7) is 1.67. The highest BCUT2D eigenvalue weighted by Crippen LogP contribution is 2.15. The molecule has 1 aromatic carbocycles. The molecule has 1 aromatic rings. The van der Waals surface area contributed by atoms with E-state index in [0.29, 0.717) is 18.0 Å². The number of nitrogens with zero attached hydrogens (tertiary/aromatic N) is 3. The van der Waals surface area contributed by atoms with Crippen molar-refractivity contribution in [3.05, 3.63) is 35.4 Å². The summed E-state index contributed by atoms with van der Waals surface area (Å²) in [5, 5.41) is 8.73. The minimum Gasteiger partial charge on any atom is -0.341 e. The smallest absolute Gasteiger partial charge is 0.227 e. The zero-order chi connectivity index (χ0) is 13.8. The quantitative estimate of drug-likeness (QED) is 0.819. The molecule has 0 saturated carbocycles. The maximum Gasteiger partial charge on any atom is 0.227 e. The molecular weight excluding hydrogens is 238 g/mol. The Hall–Kier alpha value is -1.86. The number of carbonyl (C=O) groups excluding carboxylic acids is 1. The van der Waals surface area contributed by atoms with E-state index in [1.54, 1.807) is 12.1 Å². The first kappa shape index (κ1) is 13.6. The molecule has 1 saturated heterocycles. The number of carbonyl (C=O) groups is 1. The van der Waals surface area contributed by atoms with Gasteiger partial charge in [0.25, 0.3) is 0 Å². The van der Waals surface area contributed by atoms with Gasteiger partial charge in [0, 0.05) is 19.1 Å². The fourth-order valence-electron chi connectivity index (χ4n) is 2.37. The van der Waals surface area contributed by atoms with Crippen LogP contribution < -0.4 is 0 Å². The van der Waals surface area contributed by atoms with E-state index in [4.69, 9.17) is 5.26 Å². The van der Waals surface area contributed by atoms with Crippen molar-refractivity contribution < 1.29 is 4.79 Å². The number of hydrogen-bond donors (Lipinski definition) is 0. The van der Waals surface area contributed by atoms with Crippen LogP contribution in [0, 0.1) is 11.3 Å². The third-order valence-electron chi connectivity index (χ3n) is 3.68. The van der Waals surface area contributed by atoms with E-state index >= 15 is 0 Å². The molecule has 4 nitrogen and oxygen atoms in total. The van der Waals surface area contributed by atoms with Crippen molar-refractivity contribution in [2.24, 2.45) is 0 Å². The lowest BCUT2D eigenvalue weighted by atomic mass is 10.1. The number of likely N-dealkylation sites (tertiary alicyclic amines) is 1. The van der Waals surface area contributed by atoms with Crippen LogP contribution in [-0.2, 0) is 11.2 Å². The number of rotatable bonds is 3. The molecule has 19 heavy (non-hydrogen) atoms. The predicted octanol–water partition coefficient (Wildman–Crippen LogP) is 1.26. The van der Waals surface area contributed by atoms with Crippen LogP contribution >= 0.6 is 0 Å². The molecule has 0 aliphatic carbocycles. The van der Waals surface area contributed by atoms with Gasteiger partial charge in [-0.05, 0) is 38.2 Å². The highest BCUT2D eigenvalue weighted by molar-refractivity contribution is 5.79. The lowest BCUT2D eigenvalue weighted by Gasteiger charge is -2.20. The third kappa shape index (κ3) is 3.33. The second-order valence-corrected chi connectivity index (χ2v) is 5.23. The number of nitriles is 1. The average molecular weight is 257 g/mol. The molecule has 1 amide bonds. The number of hydrogen-bond acceptors (Lipinski definition) is 3. The number of amides is 1. The standard InChI is InChI=1S/C15H19N3O/c1-17(2)14-7-8-18(11-14)15(19)9-12-3-5-13(10-16)6-4-12/h3-6,14H,7-9,11H2,1-2H3. The Bertz CT molecular complexity index is 487. The molecule has 0 spiro atoms. The lowest BCUT2D eigenvalue weighted by Crippen LogP contribution is -2.35. The summed E-state index contributed by atoms with van der Waals surface area (Å²) in [7, 11) is 4.11. The van der Waals surface area contributed by atoms with Crippen LogP contribution in [0.4, 0.5) is 0 Å². The summed E-state index contributed by atoms with van der Waals surface area (Å²) >= 11 is 0. The zero-order valence-corrected chi connectivity index (χ0v) is 11.5. The maximum absolute atomic E-state index is 12.2. The second-order valence-electron chi connectivity index (χ2n) is 5.23. The van der Waals surface area contributed by atoms with Gasteiger partial charge in [-0.3, -0.25) is 4.79 Å². The Labute approximate surface area is 114 Å². The summed E-state index contributed by atoms with van der Waals surface area (Å²) < 4.78 is 0. The van der Waals surface area contributed by atoms with Gasteiger partial charge in [0.1, 0.15) is 0 Å². The first-order valence-electron chi connectivity index (χ1n) is 6.53. The molecule has 0 radical (unpaired) electrons. The van der Waals surface area contributed by atoms with E-state index in [-0.39, 0.29) is 5.91 Å². The molecule has 1 heterocycles. The molecule has 4 heteroatoms. The van der Waals surface area contributed by atoms with Crippen LogP contribution in [0.2, 0.25) is 0 Å². The van der Waals surface area contributed by atoms with Gasteiger partial charge in [-0.2, -0.15) is 5.26 Å². The van der Waals surface area contributed by atoms with Gasteiger partial charge in [-0.15, -0.1) is 0 Å². The Morgan fingerprint density at radius 2 is 2.11 bits per heavy atom. The van der Waals surface area contributed by atoms with E-state index in [9.17, 15) is 4.79 Å². The van der Waals surface area contributed by atoms with Gasteiger partial charge in [0.15, 0.2) is 0 Å². The van der Waals surface area contributed by atoms with Crippen molar-refractivity contribution in [1.29, 1.82) is 5.26 Å². The van der Waals surface area contributed by atoms with Crippen molar-refractivity contribution in [3.63, 3.8) is 0 Å². The summed E-state index contributed by atoms with van der Waals surface area (Å²) in [6, 6.07) is 9.79. The third-order valence-corrected chi connectivity index (χ3v) is 3.68. The molecule has 1 atom stereocenters.